The average Bonchev–Trinajstić information content (AvgIpc) is 2.84. The average molecular weight is 233 g/mol. The van der Waals surface area contributed by atoms with Crippen molar-refractivity contribution < 1.29 is 4.39 Å². The van der Waals surface area contributed by atoms with Crippen LogP contribution in [-0.2, 0) is 7.05 Å². The first-order chi connectivity index (χ1) is 8.16. The molecule has 1 aliphatic rings. The molecule has 0 amide bonds. The van der Waals surface area contributed by atoms with Crippen molar-refractivity contribution in [2.24, 2.45) is 13.0 Å². The standard InChI is InChI=1S/C13H16FN3/c1-8-6-15-7-10(8)13-16-11-4-3-9(14)5-12(11)17(13)2/h3-5,8,10,15H,6-7H2,1-2H3/t8-,10-/m1/s1. The summed E-state index contributed by atoms with van der Waals surface area (Å²) in [5.74, 6) is 1.86. The Balaban J connectivity index is 2.14. The van der Waals surface area contributed by atoms with E-state index in [4.69, 9.17) is 0 Å². The summed E-state index contributed by atoms with van der Waals surface area (Å²) >= 11 is 0. The van der Waals surface area contributed by atoms with Crippen molar-refractivity contribution >= 4 is 11.0 Å². The maximum atomic E-state index is 13.2. The zero-order chi connectivity index (χ0) is 12.0. The summed E-state index contributed by atoms with van der Waals surface area (Å²) in [7, 11) is 1.97. The van der Waals surface area contributed by atoms with E-state index in [1.54, 1.807) is 12.1 Å². The molecule has 3 rings (SSSR count). The molecule has 1 aromatic carbocycles. The van der Waals surface area contributed by atoms with E-state index in [9.17, 15) is 4.39 Å². The molecular formula is C13H16FN3. The number of nitrogens with one attached hydrogen (secondary N) is 1. The van der Waals surface area contributed by atoms with E-state index in [0.29, 0.717) is 11.8 Å². The van der Waals surface area contributed by atoms with Gasteiger partial charge in [0.05, 0.1) is 11.0 Å². The highest BCUT2D eigenvalue weighted by atomic mass is 19.1. The van der Waals surface area contributed by atoms with Gasteiger partial charge in [0.2, 0.25) is 0 Å². The number of benzene rings is 1. The van der Waals surface area contributed by atoms with Gasteiger partial charge in [-0.1, -0.05) is 6.92 Å². The van der Waals surface area contributed by atoms with Crippen LogP contribution < -0.4 is 5.32 Å². The lowest BCUT2D eigenvalue weighted by molar-refractivity contribution is 0.533. The Kier molecular flexibility index (Phi) is 2.40. The SMILES string of the molecule is C[C@@H]1CNC[C@H]1c1nc2ccc(F)cc2n1C. The number of hydrogen-bond acceptors (Lipinski definition) is 2. The molecule has 0 saturated carbocycles. The van der Waals surface area contributed by atoms with Gasteiger partial charge in [0.1, 0.15) is 11.6 Å². The summed E-state index contributed by atoms with van der Waals surface area (Å²) in [5.41, 5.74) is 1.75. The first kappa shape index (κ1) is 10.7. The number of fused-ring (bicyclic) bond motifs is 1. The molecule has 0 radical (unpaired) electrons. The van der Waals surface area contributed by atoms with Crippen LogP contribution >= 0.6 is 0 Å². The molecule has 1 saturated heterocycles. The molecule has 17 heavy (non-hydrogen) atoms. The molecular weight excluding hydrogens is 217 g/mol. The number of hydrogen-bond donors (Lipinski definition) is 1. The Bertz CT molecular complexity index is 561. The lowest BCUT2D eigenvalue weighted by Crippen LogP contribution is -2.13. The molecule has 1 aliphatic heterocycles. The van der Waals surface area contributed by atoms with Crippen molar-refractivity contribution in [1.82, 2.24) is 14.9 Å². The Labute approximate surface area is 99.7 Å². The first-order valence-corrected chi connectivity index (χ1v) is 5.99. The smallest absolute Gasteiger partial charge is 0.125 e. The maximum Gasteiger partial charge on any atom is 0.125 e. The Hall–Kier alpha value is -1.42. The molecule has 2 heterocycles. The zero-order valence-electron chi connectivity index (χ0n) is 10.1. The van der Waals surface area contributed by atoms with Gasteiger partial charge in [-0.05, 0) is 30.7 Å². The third-order valence-corrected chi connectivity index (χ3v) is 3.73. The van der Waals surface area contributed by atoms with Crippen molar-refractivity contribution in [3.05, 3.63) is 29.8 Å². The fourth-order valence-corrected chi connectivity index (χ4v) is 2.67. The van der Waals surface area contributed by atoms with Gasteiger partial charge in [-0.3, -0.25) is 0 Å². The summed E-state index contributed by atoms with van der Waals surface area (Å²) in [5, 5.41) is 3.38. The normalized spacial score (nSPS) is 24.6. The van der Waals surface area contributed by atoms with Crippen LogP contribution in [0.2, 0.25) is 0 Å². The molecule has 4 heteroatoms. The van der Waals surface area contributed by atoms with Crippen molar-refractivity contribution in [2.45, 2.75) is 12.8 Å². The van der Waals surface area contributed by atoms with E-state index >= 15 is 0 Å². The predicted molar refractivity (Wildman–Crippen MR) is 65.4 cm³/mol. The lowest BCUT2D eigenvalue weighted by atomic mass is 9.97. The van der Waals surface area contributed by atoms with Crippen LogP contribution in [-0.4, -0.2) is 22.6 Å². The van der Waals surface area contributed by atoms with Crippen LogP contribution in [0, 0.1) is 11.7 Å². The Morgan fingerprint density at radius 2 is 2.24 bits per heavy atom. The molecule has 0 unspecified atom stereocenters. The van der Waals surface area contributed by atoms with Gasteiger partial charge < -0.3 is 9.88 Å². The van der Waals surface area contributed by atoms with E-state index in [-0.39, 0.29) is 5.82 Å². The van der Waals surface area contributed by atoms with Gasteiger partial charge in [0.25, 0.3) is 0 Å². The minimum absolute atomic E-state index is 0.204. The minimum Gasteiger partial charge on any atom is -0.331 e. The molecule has 2 atom stereocenters. The molecule has 0 bridgehead atoms. The quantitative estimate of drug-likeness (QED) is 0.816. The van der Waals surface area contributed by atoms with E-state index in [2.05, 4.69) is 17.2 Å². The largest absolute Gasteiger partial charge is 0.331 e. The zero-order valence-corrected chi connectivity index (χ0v) is 10.1. The molecule has 1 fully saturated rings. The van der Waals surface area contributed by atoms with Crippen LogP contribution in [0.15, 0.2) is 18.2 Å². The van der Waals surface area contributed by atoms with Crippen molar-refractivity contribution in [2.75, 3.05) is 13.1 Å². The highest BCUT2D eigenvalue weighted by Crippen LogP contribution is 2.29. The molecule has 0 spiro atoms. The van der Waals surface area contributed by atoms with Crippen molar-refractivity contribution in [3.63, 3.8) is 0 Å². The second-order valence-corrected chi connectivity index (χ2v) is 4.90. The van der Waals surface area contributed by atoms with Crippen molar-refractivity contribution in [1.29, 1.82) is 0 Å². The minimum atomic E-state index is -0.204. The lowest BCUT2D eigenvalue weighted by Gasteiger charge is -2.13. The van der Waals surface area contributed by atoms with E-state index in [1.807, 2.05) is 11.6 Å². The summed E-state index contributed by atoms with van der Waals surface area (Å²) in [4.78, 5) is 4.64. The van der Waals surface area contributed by atoms with Gasteiger partial charge in [0.15, 0.2) is 0 Å². The highest BCUT2D eigenvalue weighted by molar-refractivity contribution is 5.76. The molecule has 2 aromatic rings. The Morgan fingerprint density at radius 1 is 1.41 bits per heavy atom. The Morgan fingerprint density at radius 3 is 2.94 bits per heavy atom. The second-order valence-electron chi connectivity index (χ2n) is 4.90. The predicted octanol–water partition coefficient (Wildman–Crippen LogP) is 2.04. The van der Waals surface area contributed by atoms with Crippen LogP contribution in [0.4, 0.5) is 4.39 Å². The molecule has 90 valence electrons. The van der Waals surface area contributed by atoms with Crippen LogP contribution in [0.5, 0.6) is 0 Å². The van der Waals surface area contributed by atoms with Crippen LogP contribution in [0.25, 0.3) is 11.0 Å². The van der Waals surface area contributed by atoms with Crippen LogP contribution in [0.3, 0.4) is 0 Å². The third-order valence-electron chi connectivity index (χ3n) is 3.73. The summed E-state index contributed by atoms with van der Waals surface area (Å²) in [6, 6.07) is 4.77. The first-order valence-electron chi connectivity index (χ1n) is 5.99. The van der Waals surface area contributed by atoms with Gasteiger partial charge in [-0.25, -0.2) is 9.37 Å². The van der Waals surface area contributed by atoms with Gasteiger partial charge in [-0.15, -0.1) is 0 Å². The monoisotopic (exact) mass is 233 g/mol. The van der Waals surface area contributed by atoms with Gasteiger partial charge in [0, 0.05) is 19.5 Å². The topological polar surface area (TPSA) is 29.9 Å². The molecule has 0 aliphatic carbocycles. The summed E-state index contributed by atoms with van der Waals surface area (Å²) < 4.78 is 15.2. The van der Waals surface area contributed by atoms with Crippen LogP contribution in [0.1, 0.15) is 18.7 Å². The molecule has 1 N–H and O–H groups in total. The van der Waals surface area contributed by atoms with E-state index < -0.39 is 0 Å². The summed E-state index contributed by atoms with van der Waals surface area (Å²) in [6.45, 7) is 4.22. The highest BCUT2D eigenvalue weighted by Gasteiger charge is 2.28. The van der Waals surface area contributed by atoms with Gasteiger partial charge in [-0.2, -0.15) is 0 Å². The third kappa shape index (κ3) is 1.63. The number of imidazole rings is 1. The van der Waals surface area contributed by atoms with E-state index in [1.165, 1.54) is 6.07 Å². The molecule has 1 aromatic heterocycles. The molecule has 3 nitrogen and oxygen atoms in total. The fraction of sp³-hybridized carbons (Fsp3) is 0.462. The second kappa shape index (κ2) is 3.81. The fourth-order valence-electron chi connectivity index (χ4n) is 2.67. The maximum absolute atomic E-state index is 13.2. The number of nitrogens with zero attached hydrogens (tertiary/aromatic N) is 2. The van der Waals surface area contributed by atoms with Crippen molar-refractivity contribution in [3.8, 4) is 0 Å². The van der Waals surface area contributed by atoms with E-state index in [0.717, 1.165) is 29.9 Å². The number of aryl methyl sites for hydroxylation is 1. The summed E-state index contributed by atoms with van der Waals surface area (Å²) in [6.07, 6.45) is 0. The van der Waals surface area contributed by atoms with Gasteiger partial charge >= 0.3 is 0 Å². The number of aromatic nitrogens is 2. The number of halogens is 1. The number of rotatable bonds is 1.